The quantitative estimate of drug-likeness (QED) is 0.891. The zero-order valence-corrected chi connectivity index (χ0v) is 13.1. The Labute approximate surface area is 127 Å². The van der Waals surface area contributed by atoms with Crippen LogP contribution in [0.4, 0.5) is 0 Å². The van der Waals surface area contributed by atoms with Crippen LogP contribution in [-0.4, -0.2) is 24.1 Å². The molecule has 0 aliphatic carbocycles. The predicted octanol–water partition coefficient (Wildman–Crippen LogP) is 2.54. The number of thiazole rings is 1. The van der Waals surface area contributed by atoms with E-state index in [1.807, 2.05) is 12.3 Å². The number of amides is 1. The first-order valence-corrected chi connectivity index (χ1v) is 7.46. The van der Waals surface area contributed by atoms with Gasteiger partial charge in [-0.3, -0.25) is 4.79 Å². The number of nitrogens with one attached hydrogen (secondary N) is 1. The van der Waals surface area contributed by atoms with E-state index in [0.29, 0.717) is 12.3 Å². The molecule has 0 saturated heterocycles. The molecule has 21 heavy (non-hydrogen) atoms. The Balaban J connectivity index is 1.83. The largest absolute Gasteiger partial charge is 0.497 e. The summed E-state index contributed by atoms with van der Waals surface area (Å²) in [6, 6.07) is 7.12. The number of benzene rings is 1. The first-order valence-electron chi connectivity index (χ1n) is 6.58. The van der Waals surface area contributed by atoms with Crippen molar-refractivity contribution in [2.75, 3.05) is 7.11 Å². The Morgan fingerprint density at radius 2 is 2.00 bits per heavy atom. The average molecular weight is 306 g/mol. The molecule has 0 saturated carbocycles. The summed E-state index contributed by atoms with van der Waals surface area (Å²) in [5.74, 6) is 1.21. The minimum absolute atomic E-state index is 0.168. The first kappa shape index (κ1) is 15.3. The molecular weight excluding hydrogens is 288 g/mol. The lowest BCUT2D eigenvalue weighted by atomic mass is 10.3. The van der Waals surface area contributed by atoms with Gasteiger partial charge in [0.15, 0.2) is 6.10 Å². The zero-order valence-electron chi connectivity index (χ0n) is 12.3. The molecule has 1 atom stereocenters. The van der Waals surface area contributed by atoms with Crippen molar-refractivity contribution in [3.05, 3.63) is 40.3 Å². The maximum Gasteiger partial charge on any atom is 0.261 e. The van der Waals surface area contributed by atoms with Crippen molar-refractivity contribution in [2.45, 2.75) is 26.5 Å². The molecule has 1 N–H and O–H groups in total. The van der Waals surface area contributed by atoms with E-state index in [2.05, 4.69) is 10.3 Å². The molecule has 2 rings (SSSR count). The molecule has 2 aromatic rings. The van der Waals surface area contributed by atoms with Crippen LogP contribution in [0.3, 0.4) is 0 Å². The van der Waals surface area contributed by atoms with Gasteiger partial charge in [0, 0.05) is 11.1 Å². The van der Waals surface area contributed by atoms with Gasteiger partial charge in [-0.05, 0) is 38.1 Å². The lowest BCUT2D eigenvalue weighted by Crippen LogP contribution is -2.35. The highest BCUT2D eigenvalue weighted by atomic mass is 32.1. The Hall–Kier alpha value is -2.08. The summed E-state index contributed by atoms with van der Waals surface area (Å²) >= 11 is 1.53. The number of aryl methyl sites for hydroxylation is 1. The van der Waals surface area contributed by atoms with Crippen molar-refractivity contribution in [1.82, 2.24) is 10.3 Å². The molecule has 0 unspecified atom stereocenters. The van der Waals surface area contributed by atoms with Gasteiger partial charge in [-0.1, -0.05) is 0 Å². The summed E-state index contributed by atoms with van der Waals surface area (Å²) in [5, 5.41) is 5.66. The van der Waals surface area contributed by atoms with E-state index >= 15 is 0 Å². The van der Waals surface area contributed by atoms with Crippen LogP contribution in [0.15, 0.2) is 29.6 Å². The van der Waals surface area contributed by atoms with Gasteiger partial charge in [0.25, 0.3) is 5.91 Å². The van der Waals surface area contributed by atoms with Crippen LogP contribution in [0, 0.1) is 6.92 Å². The minimum Gasteiger partial charge on any atom is -0.497 e. The third-order valence-corrected chi connectivity index (χ3v) is 3.79. The predicted molar refractivity (Wildman–Crippen MR) is 81.8 cm³/mol. The van der Waals surface area contributed by atoms with Crippen LogP contribution in [-0.2, 0) is 11.3 Å². The summed E-state index contributed by atoms with van der Waals surface area (Å²) in [6.07, 6.45) is -0.570. The molecule has 0 radical (unpaired) electrons. The number of methoxy groups -OCH3 is 1. The third kappa shape index (κ3) is 4.46. The molecule has 1 heterocycles. The van der Waals surface area contributed by atoms with Crippen LogP contribution in [0.2, 0.25) is 0 Å². The molecule has 5 nitrogen and oxygen atoms in total. The minimum atomic E-state index is -0.570. The molecule has 1 aromatic carbocycles. The number of hydrogen-bond donors (Lipinski definition) is 1. The SMILES string of the molecule is COc1ccc(O[C@H](C)C(=O)NCc2nc(C)cs2)cc1. The molecule has 1 amide bonds. The second kappa shape index (κ2) is 7.08. The Morgan fingerprint density at radius 3 is 2.57 bits per heavy atom. The summed E-state index contributed by atoms with van der Waals surface area (Å²) < 4.78 is 10.7. The van der Waals surface area contributed by atoms with Crippen molar-refractivity contribution in [3.63, 3.8) is 0 Å². The van der Waals surface area contributed by atoms with Crippen molar-refractivity contribution in [2.24, 2.45) is 0 Å². The Bertz CT molecular complexity index is 595. The number of carbonyl (C=O) groups is 1. The average Bonchev–Trinajstić information content (AvgIpc) is 2.91. The lowest BCUT2D eigenvalue weighted by molar-refractivity contribution is -0.127. The third-order valence-electron chi connectivity index (χ3n) is 2.82. The summed E-state index contributed by atoms with van der Waals surface area (Å²) in [6.45, 7) is 4.07. The van der Waals surface area contributed by atoms with Crippen molar-refractivity contribution in [3.8, 4) is 11.5 Å². The van der Waals surface area contributed by atoms with Gasteiger partial charge in [0.1, 0.15) is 16.5 Å². The summed E-state index contributed by atoms with van der Waals surface area (Å²) in [5.41, 5.74) is 0.965. The molecule has 0 aliphatic heterocycles. The van der Waals surface area contributed by atoms with E-state index in [4.69, 9.17) is 9.47 Å². The number of rotatable bonds is 6. The van der Waals surface area contributed by atoms with Gasteiger partial charge in [-0.25, -0.2) is 4.98 Å². The number of nitrogens with zero attached hydrogens (tertiary/aromatic N) is 1. The van der Waals surface area contributed by atoms with Crippen LogP contribution < -0.4 is 14.8 Å². The monoisotopic (exact) mass is 306 g/mol. The van der Waals surface area contributed by atoms with Crippen molar-refractivity contribution < 1.29 is 14.3 Å². The van der Waals surface area contributed by atoms with Crippen LogP contribution in [0.5, 0.6) is 11.5 Å². The van der Waals surface area contributed by atoms with Gasteiger partial charge < -0.3 is 14.8 Å². The maximum absolute atomic E-state index is 12.0. The van der Waals surface area contributed by atoms with Crippen LogP contribution >= 0.6 is 11.3 Å². The molecular formula is C15H18N2O3S. The normalized spacial score (nSPS) is 11.8. The van der Waals surface area contributed by atoms with Crippen molar-refractivity contribution >= 4 is 17.2 Å². The first-order chi connectivity index (χ1) is 10.1. The fourth-order valence-corrected chi connectivity index (χ4v) is 2.41. The zero-order chi connectivity index (χ0) is 15.2. The molecule has 112 valence electrons. The van der Waals surface area contributed by atoms with E-state index in [9.17, 15) is 4.79 Å². The molecule has 0 fully saturated rings. The fraction of sp³-hybridized carbons (Fsp3) is 0.333. The smallest absolute Gasteiger partial charge is 0.261 e. The van der Waals surface area contributed by atoms with E-state index in [1.165, 1.54) is 11.3 Å². The summed E-state index contributed by atoms with van der Waals surface area (Å²) in [7, 11) is 1.60. The standard InChI is InChI=1S/C15H18N2O3S/c1-10-9-21-14(17-10)8-16-15(18)11(2)20-13-6-4-12(19-3)5-7-13/h4-7,9,11H,8H2,1-3H3,(H,16,18)/t11-/m1/s1. The van der Waals surface area contributed by atoms with E-state index < -0.39 is 6.10 Å². The maximum atomic E-state index is 12.0. The number of hydrogen-bond acceptors (Lipinski definition) is 5. The molecule has 0 bridgehead atoms. The number of ether oxygens (including phenoxy) is 2. The Morgan fingerprint density at radius 1 is 1.33 bits per heavy atom. The molecule has 0 spiro atoms. The van der Waals surface area contributed by atoms with Gasteiger partial charge in [-0.2, -0.15) is 0 Å². The topological polar surface area (TPSA) is 60.5 Å². The number of carbonyl (C=O) groups excluding carboxylic acids is 1. The molecule has 1 aromatic heterocycles. The van der Waals surface area contributed by atoms with Crippen molar-refractivity contribution in [1.29, 1.82) is 0 Å². The second-order valence-electron chi connectivity index (χ2n) is 4.54. The second-order valence-corrected chi connectivity index (χ2v) is 5.48. The van der Waals surface area contributed by atoms with Gasteiger partial charge in [0.2, 0.25) is 0 Å². The van der Waals surface area contributed by atoms with E-state index in [0.717, 1.165) is 16.5 Å². The lowest BCUT2D eigenvalue weighted by Gasteiger charge is -2.14. The van der Waals surface area contributed by atoms with Crippen LogP contribution in [0.1, 0.15) is 17.6 Å². The Kier molecular flexibility index (Phi) is 5.16. The molecule has 6 heteroatoms. The summed E-state index contributed by atoms with van der Waals surface area (Å²) in [4.78, 5) is 16.3. The van der Waals surface area contributed by atoms with Gasteiger partial charge >= 0.3 is 0 Å². The highest BCUT2D eigenvalue weighted by molar-refractivity contribution is 7.09. The molecule has 0 aliphatic rings. The fourth-order valence-electron chi connectivity index (χ4n) is 1.70. The van der Waals surface area contributed by atoms with Gasteiger partial charge in [0.05, 0.1) is 13.7 Å². The van der Waals surface area contributed by atoms with Crippen LogP contribution in [0.25, 0.3) is 0 Å². The van der Waals surface area contributed by atoms with E-state index in [-0.39, 0.29) is 5.91 Å². The van der Waals surface area contributed by atoms with E-state index in [1.54, 1.807) is 38.3 Å². The highest BCUT2D eigenvalue weighted by Crippen LogP contribution is 2.18. The number of aromatic nitrogens is 1. The van der Waals surface area contributed by atoms with Gasteiger partial charge in [-0.15, -0.1) is 11.3 Å². The highest BCUT2D eigenvalue weighted by Gasteiger charge is 2.14.